The van der Waals surface area contributed by atoms with Crippen molar-refractivity contribution in [1.82, 2.24) is 9.88 Å². The number of likely N-dealkylation sites (N-methyl/N-ethyl adjacent to an activating group) is 1. The van der Waals surface area contributed by atoms with Gasteiger partial charge in [0.2, 0.25) is 0 Å². The van der Waals surface area contributed by atoms with Gasteiger partial charge in [-0.2, -0.15) is 0 Å². The van der Waals surface area contributed by atoms with E-state index in [-0.39, 0.29) is 6.04 Å². The highest BCUT2D eigenvalue weighted by Gasteiger charge is 2.11. The minimum Gasteiger partial charge on any atom is -0.323 e. The first-order valence-corrected chi connectivity index (χ1v) is 6.84. The summed E-state index contributed by atoms with van der Waals surface area (Å²) >= 11 is 1.77. The molecule has 1 rings (SSSR count). The van der Waals surface area contributed by atoms with Crippen LogP contribution in [-0.4, -0.2) is 29.5 Å². The molecule has 16 heavy (non-hydrogen) atoms. The molecule has 0 aromatic carbocycles. The van der Waals surface area contributed by atoms with Crippen molar-refractivity contribution in [2.45, 2.75) is 40.2 Å². The van der Waals surface area contributed by atoms with E-state index in [2.05, 4.69) is 30.7 Å². The highest BCUT2D eigenvalue weighted by atomic mass is 32.1. The molecule has 0 amide bonds. The average Bonchev–Trinajstić information content (AvgIpc) is 2.61. The van der Waals surface area contributed by atoms with Crippen molar-refractivity contribution in [3.05, 3.63) is 15.6 Å². The average molecular weight is 241 g/mol. The Bertz CT molecular complexity index is 316. The Morgan fingerprint density at radius 3 is 2.44 bits per heavy atom. The predicted molar refractivity (Wildman–Crippen MR) is 70.9 cm³/mol. The fourth-order valence-electron chi connectivity index (χ4n) is 1.79. The van der Waals surface area contributed by atoms with Gasteiger partial charge in [0.1, 0.15) is 0 Å². The van der Waals surface area contributed by atoms with Gasteiger partial charge in [-0.1, -0.05) is 13.8 Å². The SMILES string of the molecule is CCN(CC)CCc1nc(C)c(C(C)N)s1. The Kier molecular flexibility index (Phi) is 5.38. The number of nitrogens with zero attached hydrogens (tertiary/aromatic N) is 2. The van der Waals surface area contributed by atoms with E-state index in [1.165, 1.54) is 9.88 Å². The molecule has 1 unspecified atom stereocenters. The third-order valence-electron chi connectivity index (χ3n) is 2.83. The molecule has 2 N–H and O–H groups in total. The number of aryl methyl sites for hydroxylation is 1. The van der Waals surface area contributed by atoms with Gasteiger partial charge in [0.15, 0.2) is 0 Å². The molecule has 3 nitrogen and oxygen atoms in total. The Morgan fingerprint density at radius 2 is 2.00 bits per heavy atom. The van der Waals surface area contributed by atoms with Crippen LogP contribution >= 0.6 is 11.3 Å². The first-order valence-electron chi connectivity index (χ1n) is 6.02. The van der Waals surface area contributed by atoms with Gasteiger partial charge in [0.25, 0.3) is 0 Å². The molecule has 0 saturated carbocycles. The zero-order chi connectivity index (χ0) is 12.1. The molecule has 0 radical (unpaired) electrons. The predicted octanol–water partition coefficient (Wildman–Crippen LogP) is 2.36. The van der Waals surface area contributed by atoms with Crippen LogP contribution in [0.2, 0.25) is 0 Å². The molecular weight excluding hydrogens is 218 g/mol. The molecular formula is C12H23N3S. The molecule has 0 fully saturated rings. The molecule has 0 aliphatic carbocycles. The van der Waals surface area contributed by atoms with Crippen LogP contribution in [0.25, 0.3) is 0 Å². The molecule has 92 valence electrons. The lowest BCUT2D eigenvalue weighted by Crippen LogP contribution is -2.25. The number of rotatable bonds is 6. The zero-order valence-electron chi connectivity index (χ0n) is 10.8. The summed E-state index contributed by atoms with van der Waals surface area (Å²) in [6.07, 6.45) is 1.04. The molecule has 1 heterocycles. The third-order valence-corrected chi connectivity index (χ3v) is 4.24. The minimum absolute atomic E-state index is 0.111. The summed E-state index contributed by atoms with van der Waals surface area (Å²) in [5.74, 6) is 0. The summed E-state index contributed by atoms with van der Waals surface area (Å²) in [7, 11) is 0. The molecule has 1 aromatic rings. The quantitative estimate of drug-likeness (QED) is 0.831. The molecule has 0 saturated heterocycles. The molecule has 0 bridgehead atoms. The van der Waals surface area contributed by atoms with Crippen molar-refractivity contribution >= 4 is 11.3 Å². The molecule has 1 aromatic heterocycles. The van der Waals surface area contributed by atoms with Gasteiger partial charge in [0, 0.05) is 23.9 Å². The minimum atomic E-state index is 0.111. The summed E-state index contributed by atoms with van der Waals surface area (Å²) in [6.45, 7) is 11.8. The van der Waals surface area contributed by atoms with Crippen molar-refractivity contribution in [3.8, 4) is 0 Å². The van der Waals surface area contributed by atoms with E-state index in [0.717, 1.165) is 31.7 Å². The molecule has 0 spiro atoms. The summed E-state index contributed by atoms with van der Waals surface area (Å²) in [6, 6.07) is 0.111. The van der Waals surface area contributed by atoms with E-state index in [1.54, 1.807) is 11.3 Å². The van der Waals surface area contributed by atoms with Crippen molar-refractivity contribution in [1.29, 1.82) is 0 Å². The highest BCUT2D eigenvalue weighted by Crippen LogP contribution is 2.23. The molecule has 0 aliphatic rings. The second-order valence-corrected chi connectivity index (χ2v) is 5.24. The maximum atomic E-state index is 5.90. The van der Waals surface area contributed by atoms with Crippen molar-refractivity contribution in [2.75, 3.05) is 19.6 Å². The lowest BCUT2D eigenvalue weighted by Gasteiger charge is -2.16. The fourth-order valence-corrected chi connectivity index (χ4v) is 2.80. The number of aromatic nitrogens is 1. The van der Waals surface area contributed by atoms with E-state index in [1.807, 2.05) is 6.92 Å². The van der Waals surface area contributed by atoms with Crippen LogP contribution in [0, 0.1) is 6.92 Å². The summed E-state index contributed by atoms with van der Waals surface area (Å²) < 4.78 is 0. The second-order valence-electron chi connectivity index (χ2n) is 4.12. The third kappa shape index (κ3) is 3.54. The van der Waals surface area contributed by atoms with E-state index in [4.69, 9.17) is 5.73 Å². The largest absolute Gasteiger partial charge is 0.323 e. The van der Waals surface area contributed by atoms with Crippen LogP contribution < -0.4 is 5.73 Å². The van der Waals surface area contributed by atoms with Crippen LogP contribution in [0.1, 0.15) is 42.4 Å². The topological polar surface area (TPSA) is 42.2 Å². The van der Waals surface area contributed by atoms with Crippen molar-refractivity contribution in [2.24, 2.45) is 5.73 Å². The fraction of sp³-hybridized carbons (Fsp3) is 0.750. The summed E-state index contributed by atoms with van der Waals surface area (Å²) in [4.78, 5) is 8.23. The van der Waals surface area contributed by atoms with Gasteiger partial charge in [0.05, 0.1) is 10.7 Å². The van der Waals surface area contributed by atoms with Gasteiger partial charge >= 0.3 is 0 Å². The van der Waals surface area contributed by atoms with Gasteiger partial charge in [-0.3, -0.25) is 0 Å². The van der Waals surface area contributed by atoms with Crippen LogP contribution in [0.4, 0.5) is 0 Å². The first-order chi connectivity index (χ1) is 7.58. The zero-order valence-corrected chi connectivity index (χ0v) is 11.6. The van der Waals surface area contributed by atoms with Gasteiger partial charge in [-0.15, -0.1) is 11.3 Å². The van der Waals surface area contributed by atoms with Crippen molar-refractivity contribution < 1.29 is 0 Å². The Morgan fingerprint density at radius 1 is 1.38 bits per heavy atom. The lowest BCUT2D eigenvalue weighted by atomic mass is 10.2. The van der Waals surface area contributed by atoms with E-state index in [0.29, 0.717) is 0 Å². The van der Waals surface area contributed by atoms with Crippen LogP contribution in [0.15, 0.2) is 0 Å². The number of thiazole rings is 1. The smallest absolute Gasteiger partial charge is 0.0944 e. The lowest BCUT2D eigenvalue weighted by molar-refractivity contribution is 0.308. The number of hydrogen-bond donors (Lipinski definition) is 1. The normalized spacial score (nSPS) is 13.4. The monoisotopic (exact) mass is 241 g/mol. The molecule has 0 aliphatic heterocycles. The Balaban J connectivity index is 2.58. The number of nitrogens with two attached hydrogens (primary N) is 1. The molecule has 1 atom stereocenters. The summed E-state index contributed by atoms with van der Waals surface area (Å²) in [5.41, 5.74) is 7.00. The van der Waals surface area contributed by atoms with Crippen LogP contribution in [0.5, 0.6) is 0 Å². The highest BCUT2D eigenvalue weighted by molar-refractivity contribution is 7.11. The standard InChI is InChI=1S/C12H23N3S/c1-5-15(6-2)8-7-11-14-10(4)12(16-11)9(3)13/h9H,5-8,13H2,1-4H3. The Hall–Kier alpha value is -0.450. The molecule has 4 heteroatoms. The van der Waals surface area contributed by atoms with Gasteiger partial charge in [-0.25, -0.2) is 4.98 Å². The maximum absolute atomic E-state index is 5.90. The van der Waals surface area contributed by atoms with E-state index >= 15 is 0 Å². The van der Waals surface area contributed by atoms with Crippen molar-refractivity contribution in [3.63, 3.8) is 0 Å². The van der Waals surface area contributed by atoms with E-state index in [9.17, 15) is 0 Å². The van der Waals surface area contributed by atoms with Crippen LogP contribution in [-0.2, 0) is 6.42 Å². The second kappa shape index (κ2) is 6.33. The van der Waals surface area contributed by atoms with Gasteiger partial charge < -0.3 is 10.6 Å². The summed E-state index contributed by atoms with van der Waals surface area (Å²) in [5, 5.41) is 1.22. The van der Waals surface area contributed by atoms with E-state index < -0.39 is 0 Å². The Labute approximate surface area is 103 Å². The number of hydrogen-bond acceptors (Lipinski definition) is 4. The maximum Gasteiger partial charge on any atom is 0.0944 e. The van der Waals surface area contributed by atoms with Gasteiger partial charge in [-0.05, 0) is 26.9 Å². The van der Waals surface area contributed by atoms with Crippen LogP contribution in [0.3, 0.4) is 0 Å². The first kappa shape index (κ1) is 13.6.